The van der Waals surface area contributed by atoms with Crippen LogP contribution in [0.4, 0.5) is 25.2 Å². The summed E-state index contributed by atoms with van der Waals surface area (Å²) < 4.78 is 59.2. The van der Waals surface area contributed by atoms with Gasteiger partial charge in [-0.1, -0.05) is 0 Å². The Hall–Kier alpha value is 0.440. The van der Waals surface area contributed by atoms with Crippen LogP contribution in [0.2, 0.25) is 0 Å². The summed E-state index contributed by atoms with van der Waals surface area (Å²) in [6.07, 6.45) is 5.93. The molecule has 0 aromatic carbocycles. The Kier molecular flexibility index (Phi) is 5.84. The van der Waals surface area contributed by atoms with E-state index in [4.69, 9.17) is 0 Å². The van der Waals surface area contributed by atoms with Crippen LogP contribution in [0.15, 0.2) is 0 Å². The maximum Gasteiger partial charge on any atom is 1.00 e. The van der Waals surface area contributed by atoms with Gasteiger partial charge in [0.2, 0.25) is 0 Å². The number of halogens is 6. The topological polar surface area (TPSA) is 0 Å². The second-order valence-corrected chi connectivity index (χ2v) is 11.6. The van der Waals surface area contributed by atoms with Gasteiger partial charge in [0.25, 0.3) is 0 Å². The van der Waals surface area contributed by atoms with Crippen molar-refractivity contribution in [3.05, 3.63) is 0 Å². The van der Waals surface area contributed by atoms with Gasteiger partial charge in [0.1, 0.15) is 0 Å². The second kappa shape index (κ2) is 4.97. The van der Waals surface area contributed by atoms with Gasteiger partial charge in [0, 0.05) is 0 Å². The van der Waals surface area contributed by atoms with Crippen LogP contribution in [0.5, 0.6) is 0 Å². The molecule has 106 valence electrons. The van der Waals surface area contributed by atoms with Crippen molar-refractivity contribution in [3.63, 3.8) is 0 Å². The summed E-state index contributed by atoms with van der Waals surface area (Å²) in [6, 6.07) is 0. The van der Waals surface area contributed by atoms with Gasteiger partial charge < -0.3 is 0 Å². The van der Waals surface area contributed by atoms with Crippen molar-refractivity contribution in [2.45, 2.75) is 27.7 Å². The molecule has 8 heteroatoms. The number of hydrogen-bond donors (Lipinski definition) is 0. The standard InChI is InChI=1S/C8H21P.F6P/c1-5-9(6-2,7-3)8-4;1-7(2,3,4,5)6/h9H,5-8H2,1-4H3;/q;-1/p+1. The van der Waals surface area contributed by atoms with Crippen LogP contribution >= 0.6 is 15.1 Å². The summed E-state index contributed by atoms with van der Waals surface area (Å²) in [7, 11) is -11.3. The molecule has 0 rings (SSSR count). The summed E-state index contributed by atoms with van der Waals surface area (Å²) in [5.41, 5.74) is 0. The molecule has 0 saturated carbocycles. The van der Waals surface area contributed by atoms with Gasteiger partial charge in [-0.15, -0.1) is 0 Å². The molecular formula is C8H22F6P2. The smallest absolute Gasteiger partial charge is 1.00 e. The number of hydrogen-bond acceptors (Lipinski definition) is 0. The van der Waals surface area contributed by atoms with Gasteiger partial charge >= 0.3 is 94.0 Å². The predicted octanol–water partition coefficient (Wildman–Crippen LogP) is 6.31. The van der Waals surface area contributed by atoms with Gasteiger partial charge in [-0.25, -0.2) is 0 Å². The van der Waals surface area contributed by atoms with Crippen molar-refractivity contribution >= 4 is 15.1 Å². The van der Waals surface area contributed by atoms with Crippen molar-refractivity contribution in [2.75, 3.05) is 24.6 Å². The maximum atomic E-state index is 9.87. The Bertz CT molecular complexity index is 178. The van der Waals surface area contributed by atoms with E-state index in [2.05, 4.69) is 27.7 Å². The molecule has 0 aromatic rings. The minimum Gasteiger partial charge on any atom is 1.00 e. The molecule has 0 saturated heterocycles. The van der Waals surface area contributed by atoms with Gasteiger partial charge in [-0.05, 0) is 0 Å². The van der Waals surface area contributed by atoms with Crippen LogP contribution in [-0.4, -0.2) is 24.6 Å². The van der Waals surface area contributed by atoms with E-state index < -0.39 is 15.1 Å². The zero-order chi connectivity index (χ0) is 13.7. The molecule has 0 fully saturated rings. The molecule has 0 aliphatic heterocycles. The zero-order valence-corrected chi connectivity index (χ0v) is 11.9. The van der Waals surface area contributed by atoms with Crippen molar-refractivity contribution in [3.8, 4) is 0 Å². The Morgan fingerprint density at radius 1 is 0.688 bits per heavy atom. The molecular weight excluding hydrogens is 272 g/mol. The summed E-state index contributed by atoms with van der Waals surface area (Å²) in [5, 5.41) is 0. The van der Waals surface area contributed by atoms with Crippen LogP contribution in [-0.2, 0) is 0 Å². The van der Waals surface area contributed by atoms with Gasteiger partial charge in [0.15, 0.2) is 0 Å². The average molecular weight is 294 g/mol. The predicted molar refractivity (Wildman–Crippen MR) is 65.2 cm³/mol. The first-order valence-electron chi connectivity index (χ1n) is 5.26. The van der Waals surface area contributed by atoms with E-state index in [-0.39, 0.29) is 1.43 Å². The van der Waals surface area contributed by atoms with E-state index >= 15 is 0 Å². The molecule has 0 aliphatic rings. The third-order valence-electron chi connectivity index (χ3n) is 3.00. The fourth-order valence-corrected chi connectivity index (χ4v) is 4.50. The first kappa shape index (κ1) is 18.8. The molecule has 0 unspecified atom stereocenters. The van der Waals surface area contributed by atoms with Gasteiger partial charge in [-0.3, -0.25) is 0 Å². The SMILES string of the molecule is CC[PH](CC)(CC)CC.F[P-](F)(F)(F)(F)F.[H+]. The fraction of sp³-hybridized carbons (Fsp3) is 1.00. The third-order valence-corrected chi connectivity index (χ3v) is 9.00. The molecule has 0 bridgehead atoms. The summed E-state index contributed by atoms with van der Waals surface area (Å²) in [5.74, 6) is 0. The van der Waals surface area contributed by atoms with E-state index in [0.717, 1.165) is 0 Å². The summed E-state index contributed by atoms with van der Waals surface area (Å²) >= 11 is 0. The summed E-state index contributed by atoms with van der Waals surface area (Å²) in [4.78, 5) is 0. The van der Waals surface area contributed by atoms with Crippen LogP contribution in [0, 0.1) is 0 Å². The molecule has 0 atom stereocenters. The first-order chi connectivity index (χ1) is 6.69. The van der Waals surface area contributed by atoms with Crippen molar-refractivity contribution in [1.82, 2.24) is 0 Å². The minimum atomic E-state index is -10.7. The quantitative estimate of drug-likeness (QED) is 0.421. The monoisotopic (exact) mass is 294 g/mol. The Labute approximate surface area is 94.9 Å². The maximum absolute atomic E-state index is 10.7. The van der Waals surface area contributed by atoms with Crippen LogP contribution in [0.25, 0.3) is 0 Å². The molecule has 0 nitrogen and oxygen atoms in total. The Balaban J connectivity index is -0.000000224. The normalized spacial score (nSPS) is 17.9. The molecule has 0 aromatic heterocycles. The Morgan fingerprint density at radius 3 is 0.812 bits per heavy atom. The van der Waals surface area contributed by atoms with Crippen molar-refractivity contribution in [2.24, 2.45) is 0 Å². The van der Waals surface area contributed by atoms with Gasteiger partial charge in [-0.2, -0.15) is 0 Å². The molecule has 16 heavy (non-hydrogen) atoms. The van der Waals surface area contributed by atoms with Crippen LogP contribution in [0.3, 0.4) is 0 Å². The van der Waals surface area contributed by atoms with E-state index in [1.807, 2.05) is 0 Å². The van der Waals surface area contributed by atoms with E-state index in [1.54, 1.807) is 0 Å². The molecule has 0 spiro atoms. The molecule has 0 heterocycles. The molecule has 0 amide bonds. The van der Waals surface area contributed by atoms with Crippen LogP contribution in [0.1, 0.15) is 29.1 Å². The average Bonchev–Trinajstić information content (AvgIpc) is 2.04. The number of rotatable bonds is 4. The minimum absolute atomic E-state index is 0. The second-order valence-electron chi connectivity index (χ2n) is 3.87. The van der Waals surface area contributed by atoms with Crippen LogP contribution < -0.4 is 0 Å². The zero-order valence-electron chi connectivity index (χ0n) is 11.0. The van der Waals surface area contributed by atoms with Crippen molar-refractivity contribution in [1.29, 1.82) is 0 Å². The molecule has 0 aliphatic carbocycles. The largest absolute Gasteiger partial charge is 1.00 e. The molecule has 0 N–H and O–H groups in total. The summed E-state index contributed by atoms with van der Waals surface area (Å²) in [6.45, 7) is 9.46. The Morgan fingerprint density at radius 2 is 0.812 bits per heavy atom. The van der Waals surface area contributed by atoms with E-state index in [1.165, 1.54) is 24.6 Å². The van der Waals surface area contributed by atoms with Crippen molar-refractivity contribution < 1.29 is 26.6 Å². The van der Waals surface area contributed by atoms with E-state index in [9.17, 15) is 25.2 Å². The van der Waals surface area contributed by atoms with Gasteiger partial charge in [0.05, 0.1) is 0 Å². The molecule has 0 radical (unpaired) electrons. The first-order valence-corrected chi connectivity index (χ1v) is 10.1. The fourth-order valence-electron chi connectivity index (χ4n) is 1.50. The third kappa shape index (κ3) is 16.9. The van der Waals surface area contributed by atoms with E-state index in [0.29, 0.717) is 0 Å².